The SMILES string of the molecule is C=CCC(CC(=O)NCCOCCO)C(=O)NC(COC(=O)C(CC=C)NC(=O)OCc1ccccc1)C(=O)OCc1ccccc1. The molecule has 3 amide bonds. The van der Waals surface area contributed by atoms with E-state index < -0.39 is 54.5 Å². The number of ether oxygens (including phenoxy) is 4. The minimum atomic E-state index is -1.44. The molecular formula is C34H43N3O10. The minimum absolute atomic E-state index is 0.00366. The van der Waals surface area contributed by atoms with Crippen molar-refractivity contribution >= 4 is 29.8 Å². The van der Waals surface area contributed by atoms with Gasteiger partial charge in [-0.05, 0) is 24.0 Å². The average molecular weight is 654 g/mol. The van der Waals surface area contributed by atoms with E-state index in [2.05, 4.69) is 29.1 Å². The first-order valence-corrected chi connectivity index (χ1v) is 15.1. The van der Waals surface area contributed by atoms with Crippen LogP contribution in [0.1, 0.15) is 30.4 Å². The molecule has 0 aliphatic heterocycles. The van der Waals surface area contributed by atoms with Crippen molar-refractivity contribution in [3.63, 3.8) is 0 Å². The summed E-state index contributed by atoms with van der Waals surface area (Å²) in [5.74, 6) is -3.79. The van der Waals surface area contributed by atoms with Crippen LogP contribution in [0.15, 0.2) is 86.0 Å². The molecule has 47 heavy (non-hydrogen) atoms. The molecule has 0 spiro atoms. The van der Waals surface area contributed by atoms with Crippen molar-refractivity contribution < 1.29 is 48.0 Å². The maximum Gasteiger partial charge on any atom is 0.408 e. The highest BCUT2D eigenvalue weighted by atomic mass is 16.6. The molecule has 254 valence electrons. The molecule has 0 saturated carbocycles. The van der Waals surface area contributed by atoms with E-state index in [0.29, 0.717) is 5.56 Å². The second-order valence-electron chi connectivity index (χ2n) is 10.2. The minimum Gasteiger partial charge on any atom is -0.461 e. The number of carbonyl (C=O) groups is 5. The number of benzene rings is 2. The summed E-state index contributed by atoms with van der Waals surface area (Å²) in [6.07, 6.45) is 1.89. The number of amides is 3. The van der Waals surface area contributed by atoms with E-state index in [0.717, 1.165) is 5.56 Å². The standard InChI is InChI=1S/C34H43N3O10/c1-3-11-27(21-30(39)35-17-19-44-20-18-38)31(40)36-29(33(42)45-22-25-13-7-5-8-14-25)24-46-32(41)28(12-4-2)37-34(43)47-23-26-15-9-6-10-16-26/h3-10,13-16,27-29,38H,1-2,11-12,17-24H2,(H,35,39)(H,36,40)(H,37,43). The molecule has 0 radical (unpaired) electrons. The summed E-state index contributed by atoms with van der Waals surface area (Å²) in [7, 11) is 0. The number of aliphatic hydroxyl groups is 1. The molecule has 0 saturated heterocycles. The van der Waals surface area contributed by atoms with Gasteiger partial charge in [0.2, 0.25) is 11.8 Å². The Morgan fingerprint density at radius 2 is 1.34 bits per heavy atom. The van der Waals surface area contributed by atoms with Crippen molar-refractivity contribution in [2.75, 3.05) is 33.0 Å². The molecule has 2 aromatic rings. The van der Waals surface area contributed by atoms with E-state index in [4.69, 9.17) is 24.1 Å². The van der Waals surface area contributed by atoms with Crippen LogP contribution in [-0.4, -0.2) is 80.0 Å². The summed E-state index contributed by atoms with van der Waals surface area (Å²) < 4.78 is 21.0. The molecule has 13 nitrogen and oxygen atoms in total. The molecule has 3 unspecified atom stereocenters. The number of alkyl carbamates (subject to hydrolysis) is 1. The fourth-order valence-corrected chi connectivity index (χ4v) is 4.05. The fraction of sp³-hybridized carbons (Fsp3) is 0.382. The lowest BCUT2D eigenvalue weighted by Gasteiger charge is -2.22. The van der Waals surface area contributed by atoms with Crippen LogP contribution in [0.3, 0.4) is 0 Å². The monoisotopic (exact) mass is 653 g/mol. The van der Waals surface area contributed by atoms with Gasteiger partial charge in [0.05, 0.1) is 25.7 Å². The molecule has 0 aliphatic carbocycles. The number of rotatable bonds is 22. The Labute approximate surface area is 274 Å². The largest absolute Gasteiger partial charge is 0.461 e. The maximum absolute atomic E-state index is 13.3. The highest BCUT2D eigenvalue weighted by Gasteiger charge is 2.30. The number of nitrogens with one attached hydrogen (secondary N) is 3. The molecular weight excluding hydrogens is 610 g/mol. The lowest BCUT2D eigenvalue weighted by atomic mass is 9.99. The van der Waals surface area contributed by atoms with Crippen molar-refractivity contribution in [3.8, 4) is 0 Å². The topological polar surface area (TPSA) is 179 Å². The molecule has 0 aliphatic rings. The van der Waals surface area contributed by atoms with Crippen molar-refractivity contribution in [1.29, 1.82) is 0 Å². The number of allylic oxidation sites excluding steroid dienone is 1. The molecule has 0 heterocycles. The van der Waals surface area contributed by atoms with E-state index in [-0.39, 0.29) is 58.8 Å². The zero-order chi connectivity index (χ0) is 34.3. The van der Waals surface area contributed by atoms with Gasteiger partial charge in [-0.2, -0.15) is 0 Å². The number of hydrogen-bond donors (Lipinski definition) is 4. The predicted molar refractivity (Wildman–Crippen MR) is 171 cm³/mol. The summed E-state index contributed by atoms with van der Waals surface area (Å²) in [4.78, 5) is 64.2. The van der Waals surface area contributed by atoms with E-state index in [9.17, 15) is 24.0 Å². The Kier molecular flexibility index (Phi) is 18.3. The first-order valence-electron chi connectivity index (χ1n) is 15.1. The van der Waals surface area contributed by atoms with Crippen molar-refractivity contribution in [2.45, 2.75) is 44.6 Å². The second-order valence-corrected chi connectivity index (χ2v) is 10.2. The van der Waals surface area contributed by atoms with Crippen molar-refractivity contribution in [1.82, 2.24) is 16.0 Å². The first-order chi connectivity index (χ1) is 22.8. The zero-order valence-electron chi connectivity index (χ0n) is 26.3. The average Bonchev–Trinajstić information content (AvgIpc) is 3.08. The van der Waals surface area contributed by atoms with Crippen LogP contribution in [0, 0.1) is 5.92 Å². The predicted octanol–water partition coefficient (Wildman–Crippen LogP) is 2.34. The normalized spacial score (nSPS) is 12.4. The quantitative estimate of drug-likeness (QED) is 0.0638. The van der Waals surface area contributed by atoms with Gasteiger partial charge in [0.1, 0.15) is 25.9 Å². The molecule has 0 fully saturated rings. The third-order valence-corrected chi connectivity index (χ3v) is 6.47. The Balaban J connectivity index is 2.06. The molecule has 3 atom stereocenters. The smallest absolute Gasteiger partial charge is 0.408 e. The van der Waals surface area contributed by atoms with E-state index in [1.807, 2.05) is 6.07 Å². The maximum atomic E-state index is 13.3. The molecule has 2 aromatic carbocycles. The molecule has 2 rings (SSSR count). The zero-order valence-corrected chi connectivity index (χ0v) is 26.3. The Morgan fingerprint density at radius 1 is 0.745 bits per heavy atom. The number of aliphatic hydroxyl groups excluding tert-OH is 1. The van der Waals surface area contributed by atoms with Crippen LogP contribution in [0.2, 0.25) is 0 Å². The fourth-order valence-electron chi connectivity index (χ4n) is 4.05. The molecule has 0 bridgehead atoms. The van der Waals surface area contributed by atoms with Gasteiger partial charge in [0.25, 0.3) is 0 Å². The van der Waals surface area contributed by atoms with Crippen LogP contribution in [0.25, 0.3) is 0 Å². The first kappa shape index (κ1) is 38.2. The van der Waals surface area contributed by atoms with Crippen LogP contribution < -0.4 is 16.0 Å². The Morgan fingerprint density at radius 3 is 1.94 bits per heavy atom. The van der Waals surface area contributed by atoms with E-state index in [1.165, 1.54) is 12.2 Å². The molecule has 0 aromatic heterocycles. The van der Waals surface area contributed by atoms with Gasteiger partial charge >= 0.3 is 18.0 Å². The summed E-state index contributed by atoms with van der Waals surface area (Å²) in [5.41, 5.74) is 1.44. The lowest BCUT2D eigenvalue weighted by Crippen LogP contribution is -2.49. The van der Waals surface area contributed by atoms with Gasteiger partial charge in [-0.25, -0.2) is 14.4 Å². The highest BCUT2D eigenvalue weighted by molar-refractivity contribution is 5.89. The van der Waals surface area contributed by atoms with E-state index >= 15 is 0 Å². The van der Waals surface area contributed by atoms with Crippen molar-refractivity contribution in [2.24, 2.45) is 5.92 Å². The second kappa shape index (κ2) is 22.5. The Hall–Kier alpha value is -5.01. The number of hydrogen-bond acceptors (Lipinski definition) is 10. The third kappa shape index (κ3) is 15.7. The summed E-state index contributed by atoms with van der Waals surface area (Å²) in [6, 6.07) is 15.2. The lowest BCUT2D eigenvalue weighted by molar-refractivity contribution is -0.156. The van der Waals surface area contributed by atoms with Crippen molar-refractivity contribution in [3.05, 3.63) is 97.1 Å². The van der Waals surface area contributed by atoms with Gasteiger partial charge < -0.3 is 40.0 Å². The van der Waals surface area contributed by atoms with Gasteiger partial charge in [-0.1, -0.05) is 72.8 Å². The summed E-state index contributed by atoms with van der Waals surface area (Å²) >= 11 is 0. The third-order valence-electron chi connectivity index (χ3n) is 6.47. The van der Waals surface area contributed by atoms with Crippen LogP contribution in [0.5, 0.6) is 0 Å². The summed E-state index contributed by atoms with van der Waals surface area (Å²) in [5, 5.41) is 16.4. The van der Waals surface area contributed by atoms with Gasteiger partial charge in [0.15, 0.2) is 6.04 Å². The Bertz CT molecular complexity index is 1290. The van der Waals surface area contributed by atoms with Crippen LogP contribution in [0.4, 0.5) is 4.79 Å². The molecule has 13 heteroatoms. The number of esters is 2. The van der Waals surface area contributed by atoms with Gasteiger partial charge in [0, 0.05) is 13.0 Å². The highest BCUT2D eigenvalue weighted by Crippen LogP contribution is 2.12. The van der Waals surface area contributed by atoms with Crippen LogP contribution in [-0.2, 0) is 51.3 Å². The molecule has 4 N–H and O–H groups in total. The van der Waals surface area contributed by atoms with Gasteiger partial charge in [-0.15, -0.1) is 13.2 Å². The number of carbonyl (C=O) groups excluding carboxylic acids is 5. The van der Waals surface area contributed by atoms with Crippen LogP contribution >= 0.6 is 0 Å². The van der Waals surface area contributed by atoms with E-state index in [1.54, 1.807) is 54.6 Å². The van der Waals surface area contributed by atoms with Gasteiger partial charge in [-0.3, -0.25) is 9.59 Å². The summed E-state index contributed by atoms with van der Waals surface area (Å²) in [6.45, 7) is 6.83.